The summed E-state index contributed by atoms with van der Waals surface area (Å²) in [5, 5.41) is 3.05. The number of aromatic nitrogens is 3. The molecule has 2 heterocycles. The summed E-state index contributed by atoms with van der Waals surface area (Å²) in [6.45, 7) is 11.4. The third-order valence-corrected chi connectivity index (χ3v) is 6.35. The number of carbonyl (C=O) groups is 1. The first-order chi connectivity index (χ1) is 17.4. The van der Waals surface area contributed by atoms with Crippen molar-refractivity contribution >= 4 is 24.3 Å². The number of hydrogen-bond donors (Lipinski definition) is 1. The molecule has 192 valence electrons. The second kappa shape index (κ2) is 13.1. The minimum atomic E-state index is -0.0738. The van der Waals surface area contributed by atoms with Gasteiger partial charge in [0.2, 0.25) is 5.91 Å². The molecule has 2 aromatic heterocycles. The largest absolute Gasteiger partial charge is 0.350 e. The number of allylic oxidation sites excluding steroid dienone is 2. The topological polar surface area (TPSA) is 75.4 Å². The monoisotopic (exact) mass is 488 g/mol. The molecule has 0 spiro atoms. The van der Waals surface area contributed by atoms with Crippen LogP contribution in [0.2, 0.25) is 0 Å². The molecule has 0 fully saturated rings. The van der Waals surface area contributed by atoms with E-state index in [1.807, 2.05) is 35.9 Å². The number of hydrogen-bond acceptors (Lipinski definition) is 5. The van der Waals surface area contributed by atoms with E-state index in [1.165, 1.54) is 5.56 Å². The zero-order valence-electron chi connectivity index (χ0n) is 22.4. The van der Waals surface area contributed by atoms with Crippen LogP contribution in [0.15, 0.2) is 47.6 Å². The standard InChI is InChI=1S/C29H40N6O/c1-7-11-24-25(8-2)35(20-28(36)32-18-22(17-30-5)16-21(3)4)27(33-24)19-34(6)26-14-9-12-23-13-10-15-31-29(23)26/h7-8,10-11,13,15-17,21,26H,2,9,12,14,18-20H2,1,3-6H3,(H,32,36)/b11-7-,22-16+,30-17?. The Balaban J connectivity index is 1.83. The molecule has 0 radical (unpaired) electrons. The van der Waals surface area contributed by atoms with Crippen LogP contribution in [0.5, 0.6) is 0 Å². The average Bonchev–Trinajstić information content (AvgIpc) is 3.17. The number of nitrogens with one attached hydrogen (secondary N) is 1. The van der Waals surface area contributed by atoms with Gasteiger partial charge >= 0.3 is 0 Å². The number of aryl methyl sites for hydroxylation is 1. The molecule has 1 amide bonds. The molecule has 0 saturated carbocycles. The van der Waals surface area contributed by atoms with Crippen molar-refractivity contribution in [1.82, 2.24) is 24.8 Å². The van der Waals surface area contributed by atoms with Crippen molar-refractivity contribution in [2.75, 3.05) is 20.6 Å². The second-order valence-electron chi connectivity index (χ2n) is 9.61. The van der Waals surface area contributed by atoms with Gasteiger partial charge in [-0.15, -0.1) is 0 Å². The summed E-state index contributed by atoms with van der Waals surface area (Å²) >= 11 is 0. The summed E-state index contributed by atoms with van der Waals surface area (Å²) in [7, 11) is 3.85. The minimum absolute atomic E-state index is 0.0738. The van der Waals surface area contributed by atoms with Crippen LogP contribution in [-0.2, 0) is 24.3 Å². The van der Waals surface area contributed by atoms with Gasteiger partial charge in [-0.05, 0) is 68.5 Å². The van der Waals surface area contributed by atoms with Gasteiger partial charge in [-0.3, -0.25) is 19.7 Å². The Labute approximate surface area is 215 Å². The molecular formula is C29H40N6O. The van der Waals surface area contributed by atoms with Crippen molar-refractivity contribution in [3.05, 3.63) is 71.1 Å². The normalized spacial score (nSPS) is 16.3. The highest BCUT2D eigenvalue weighted by molar-refractivity contribution is 5.82. The number of rotatable bonds is 11. The van der Waals surface area contributed by atoms with E-state index in [0.29, 0.717) is 19.0 Å². The number of nitrogens with zero attached hydrogens (tertiary/aromatic N) is 5. The Kier molecular flexibility index (Phi) is 9.94. The van der Waals surface area contributed by atoms with Crippen molar-refractivity contribution < 1.29 is 4.79 Å². The highest BCUT2D eigenvalue weighted by atomic mass is 16.1. The van der Waals surface area contributed by atoms with E-state index in [2.05, 4.69) is 54.8 Å². The lowest BCUT2D eigenvalue weighted by atomic mass is 9.91. The fourth-order valence-electron chi connectivity index (χ4n) is 4.82. The fourth-order valence-corrected chi connectivity index (χ4v) is 4.82. The number of amides is 1. The van der Waals surface area contributed by atoms with Gasteiger partial charge in [0.05, 0.1) is 29.7 Å². The van der Waals surface area contributed by atoms with E-state index < -0.39 is 0 Å². The molecule has 7 heteroatoms. The van der Waals surface area contributed by atoms with Gasteiger partial charge in [0.25, 0.3) is 0 Å². The van der Waals surface area contributed by atoms with Crippen LogP contribution in [0.3, 0.4) is 0 Å². The molecule has 1 aliphatic rings. The molecule has 0 bridgehead atoms. The van der Waals surface area contributed by atoms with Crippen molar-refractivity contribution in [3.63, 3.8) is 0 Å². The SMILES string of the molecule is C=Cc1c(/C=C\C)nc(CN(C)C2CCCc3cccnc32)n1CC(=O)NC/C(C=NC)=C/C(C)C. The van der Waals surface area contributed by atoms with Gasteiger partial charge in [-0.2, -0.15) is 0 Å². The smallest absolute Gasteiger partial charge is 0.240 e. The van der Waals surface area contributed by atoms with Gasteiger partial charge < -0.3 is 9.88 Å². The Morgan fingerprint density at radius 2 is 2.22 bits per heavy atom. The zero-order chi connectivity index (χ0) is 26.1. The van der Waals surface area contributed by atoms with Crippen LogP contribution in [-0.4, -0.2) is 52.2 Å². The quantitative estimate of drug-likeness (QED) is 0.458. The van der Waals surface area contributed by atoms with Crippen LogP contribution in [0.25, 0.3) is 12.2 Å². The maximum atomic E-state index is 13.0. The first kappa shape index (κ1) is 27.3. The lowest BCUT2D eigenvalue weighted by molar-refractivity contribution is -0.121. The van der Waals surface area contributed by atoms with Crippen LogP contribution in [0.1, 0.15) is 68.1 Å². The van der Waals surface area contributed by atoms with E-state index in [1.54, 1.807) is 19.3 Å². The van der Waals surface area contributed by atoms with Crippen molar-refractivity contribution in [2.45, 2.75) is 59.2 Å². The lowest BCUT2D eigenvalue weighted by Gasteiger charge is -2.32. The van der Waals surface area contributed by atoms with Gasteiger partial charge in [0.15, 0.2) is 0 Å². The van der Waals surface area contributed by atoms with E-state index in [-0.39, 0.29) is 18.5 Å². The van der Waals surface area contributed by atoms with E-state index in [4.69, 9.17) is 9.97 Å². The van der Waals surface area contributed by atoms with E-state index >= 15 is 0 Å². The first-order valence-corrected chi connectivity index (χ1v) is 12.8. The van der Waals surface area contributed by atoms with Crippen LogP contribution in [0.4, 0.5) is 0 Å². The number of carbonyl (C=O) groups excluding carboxylic acids is 1. The number of aliphatic imine (C=N–C) groups is 1. The summed E-state index contributed by atoms with van der Waals surface area (Å²) in [5.41, 5.74) is 5.15. The summed E-state index contributed by atoms with van der Waals surface area (Å²) < 4.78 is 1.98. The molecular weight excluding hydrogens is 448 g/mol. The zero-order valence-corrected chi connectivity index (χ0v) is 22.4. The minimum Gasteiger partial charge on any atom is -0.350 e. The molecule has 0 aliphatic heterocycles. The summed E-state index contributed by atoms with van der Waals surface area (Å²) in [4.78, 5) is 29.1. The molecule has 1 atom stereocenters. The molecule has 0 aromatic carbocycles. The van der Waals surface area contributed by atoms with Gasteiger partial charge in [0, 0.05) is 26.0 Å². The summed E-state index contributed by atoms with van der Waals surface area (Å²) in [6, 6.07) is 4.42. The Morgan fingerprint density at radius 1 is 1.42 bits per heavy atom. The average molecular weight is 489 g/mol. The molecule has 2 aromatic rings. The predicted octanol–water partition coefficient (Wildman–Crippen LogP) is 4.86. The van der Waals surface area contributed by atoms with Crippen molar-refractivity contribution in [2.24, 2.45) is 10.9 Å². The van der Waals surface area contributed by atoms with Gasteiger partial charge in [-0.25, -0.2) is 4.98 Å². The van der Waals surface area contributed by atoms with Gasteiger partial charge in [-0.1, -0.05) is 38.6 Å². The molecule has 1 unspecified atom stereocenters. The summed E-state index contributed by atoms with van der Waals surface area (Å²) in [5.74, 6) is 1.14. The van der Waals surface area contributed by atoms with Crippen LogP contribution >= 0.6 is 0 Å². The predicted molar refractivity (Wildman–Crippen MR) is 149 cm³/mol. The molecule has 7 nitrogen and oxygen atoms in total. The highest BCUT2D eigenvalue weighted by Crippen LogP contribution is 2.33. The van der Waals surface area contributed by atoms with Crippen molar-refractivity contribution in [3.8, 4) is 0 Å². The van der Waals surface area contributed by atoms with Crippen LogP contribution in [0, 0.1) is 5.92 Å². The highest BCUT2D eigenvalue weighted by Gasteiger charge is 2.27. The number of fused-ring (bicyclic) bond motifs is 1. The molecule has 0 saturated heterocycles. The molecule has 3 rings (SSSR count). The molecule has 36 heavy (non-hydrogen) atoms. The van der Waals surface area contributed by atoms with E-state index in [0.717, 1.165) is 47.7 Å². The fraction of sp³-hybridized carbons (Fsp3) is 0.448. The Morgan fingerprint density at radius 3 is 2.92 bits per heavy atom. The third-order valence-electron chi connectivity index (χ3n) is 6.35. The van der Waals surface area contributed by atoms with E-state index in [9.17, 15) is 4.79 Å². The molecule has 1 N–H and O–H groups in total. The Bertz CT molecular complexity index is 1140. The Hall–Kier alpha value is -3.32. The van der Waals surface area contributed by atoms with Crippen molar-refractivity contribution in [1.29, 1.82) is 0 Å². The lowest BCUT2D eigenvalue weighted by Crippen LogP contribution is -2.32. The molecule has 1 aliphatic carbocycles. The summed E-state index contributed by atoms with van der Waals surface area (Å²) in [6.07, 6.45) is 14.8. The number of pyridine rings is 1. The maximum absolute atomic E-state index is 13.0. The second-order valence-corrected chi connectivity index (χ2v) is 9.61. The van der Waals surface area contributed by atoms with Gasteiger partial charge in [0.1, 0.15) is 12.4 Å². The first-order valence-electron chi connectivity index (χ1n) is 12.8. The third kappa shape index (κ3) is 6.88. The maximum Gasteiger partial charge on any atom is 0.240 e. The number of imidazole rings is 1. The van der Waals surface area contributed by atoms with Crippen LogP contribution < -0.4 is 5.32 Å².